The normalized spacial score (nSPS) is 24.2. The summed E-state index contributed by atoms with van der Waals surface area (Å²) in [7, 11) is 1.60. The monoisotopic (exact) mass is 188 g/mol. The molecule has 0 bridgehead atoms. The van der Waals surface area contributed by atoms with Crippen molar-refractivity contribution >= 4 is 5.91 Å². The van der Waals surface area contributed by atoms with Crippen LogP contribution in [-0.2, 0) is 14.4 Å². The Balaban J connectivity index is 2.51. The largest absolute Gasteiger partial charge is 0.377 e. The fourth-order valence-corrected chi connectivity index (χ4v) is 1.02. The van der Waals surface area contributed by atoms with Crippen LogP contribution in [-0.4, -0.2) is 42.9 Å². The van der Waals surface area contributed by atoms with Gasteiger partial charge < -0.3 is 10.5 Å². The number of rotatable bonds is 3. The molecule has 1 aliphatic heterocycles. The number of amides is 1. The molecule has 1 atom stereocenters. The van der Waals surface area contributed by atoms with Gasteiger partial charge in [-0.05, 0) is 13.8 Å². The molecule has 2 N–H and O–H groups in total. The van der Waals surface area contributed by atoms with E-state index in [2.05, 4.69) is 0 Å². The molecule has 1 aliphatic rings. The number of hydroxylamine groups is 2. The maximum Gasteiger partial charge on any atom is 0.265 e. The molecule has 1 unspecified atom stereocenters. The Kier molecular flexibility index (Phi) is 2.90. The topological polar surface area (TPSA) is 64.8 Å². The second kappa shape index (κ2) is 3.61. The van der Waals surface area contributed by atoms with Crippen molar-refractivity contribution in [2.45, 2.75) is 25.5 Å². The van der Waals surface area contributed by atoms with E-state index in [4.69, 9.17) is 15.3 Å². The van der Waals surface area contributed by atoms with Gasteiger partial charge in [0, 0.05) is 7.11 Å². The molecule has 0 aromatic heterocycles. The summed E-state index contributed by atoms with van der Waals surface area (Å²) in [6.07, 6.45) is 0. The first kappa shape index (κ1) is 10.4. The van der Waals surface area contributed by atoms with E-state index < -0.39 is 11.6 Å². The number of nitrogens with two attached hydrogens (primary N) is 1. The van der Waals surface area contributed by atoms with Crippen LogP contribution in [0.2, 0.25) is 0 Å². The molecule has 1 amide bonds. The average Bonchev–Trinajstić information content (AvgIpc) is 2.36. The van der Waals surface area contributed by atoms with E-state index in [1.807, 2.05) is 13.8 Å². The maximum atomic E-state index is 11.3. The molecule has 76 valence electrons. The summed E-state index contributed by atoms with van der Waals surface area (Å²) < 4.78 is 5.17. The van der Waals surface area contributed by atoms with Crippen molar-refractivity contribution in [3.05, 3.63) is 0 Å². The molecule has 0 spiro atoms. The highest BCUT2D eigenvalue weighted by Gasteiger charge is 2.34. The summed E-state index contributed by atoms with van der Waals surface area (Å²) in [6, 6.07) is -0.521. The fraction of sp³-hybridized carbons (Fsp3) is 0.875. The lowest BCUT2D eigenvalue weighted by Gasteiger charge is -2.27. The van der Waals surface area contributed by atoms with Gasteiger partial charge in [-0.25, -0.2) is 5.06 Å². The van der Waals surface area contributed by atoms with Crippen LogP contribution in [0.5, 0.6) is 0 Å². The summed E-state index contributed by atoms with van der Waals surface area (Å²) in [5.41, 5.74) is 5.07. The lowest BCUT2D eigenvalue weighted by Crippen LogP contribution is -2.42. The smallest absolute Gasteiger partial charge is 0.265 e. The molecule has 0 radical (unpaired) electrons. The van der Waals surface area contributed by atoms with Crippen molar-refractivity contribution in [3.63, 3.8) is 0 Å². The van der Waals surface area contributed by atoms with E-state index in [0.717, 1.165) is 0 Å². The lowest BCUT2D eigenvalue weighted by atomic mass is 10.1. The molecule has 0 aromatic rings. The Bertz CT molecular complexity index is 206. The second-order valence-corrected chi connectivity index (χ2v) is 3.74. The van der Waals surface area contributed by atoms with E-state index in [1.54, 1.807) is 7.11 Å². The molecule has 0 saturated carbocycles. The van der Waals surface area contributed by atoms with Gasteiger partial charge in [-0.1, -0.05) is 0 Å². The minimum absolute atomic E-state index is 0.176. The molecule has 0 aliphatic carbocycles. The number of carbonyl (C=O) groups excluding carboxylic acids is 1. The van der Waals surface area contributed by atoms with Crippen molar-refractivity contribution in [2.24, 2.45) is 5.73 Å². The number of carbonyl (C=O) groups is 1. The van der Waals surface area contributed by atoms with Crippen LogP contribution in [0.1, 0.15) is 13.8 Å². The molecule has 5 nitrogen and oxygen atoms in total. The van der Waals surface area contributed by atoms with Crippen LogP contribution in [0.4, 0.5) is 0 Å². The van der Waals surface area contributed by atoms with Crippen molar-refractivity contribution < 1.29 is 14.4 Å². The van der Waals surface area contributed by atoms with Crippen LogP contribution < -0.4 is 5.73 Å². The number of hydrogen-bond acceptors (Lipinski definition) is 4. The molecule has 1 fully saturated rings. The number of ether oxygens (including phenoxy) is 1. The van der Waals surface area contributed by atoms with Crippen molar-refractivity contribution in [1.29, 1.82) is 0 Å². The first-order valence-corrected chi connectivity index (χ1v) is 4.21. The third-order valence-corrected chi connectivity index (χ3v) is 2.05. The van der Waals surface area contributed by atoms with Gasteiger partial charge in [0.25, 0.3) is 5.91 Å². The lowest BCUT2D eigenvalue weighted by molar-refractivity contribution is -0.176. The fourth-order valence-electron chi connectivity index (χ4n) is 1.02. The Morgan fingerprint density at radius 1 is 1.77 bits per heavy atom. The van der Waals surface area contributed by atoms with Gasteiger partial charge in [-0.3, -0.25) is 9.63 Å². The number of nitrogens with zero attached hydrogens (tertiary/aromatic N) is 1. The highest BCUT2D eigenvalue weighted by molar-refractivity contribution is 5.82. The summed E-state index contributed by atoms with van der Waals surface area (Å²) >= 11 is 0. The Labute approximate surface area is 77.7 Å². The summed E-state index contributed by atoms with van der Waals surface area (Å²) in [5.74, 6) is -0.176. The first-order valence-electron chi connectivity index (χ1n) is 4.21. The second-order valence-electron chi connectivity index (χ2n) is 3.74. The third kappa shape index (κ3) is 2.40. The van der Waals surface area contributed by atoms with Crippen LogP contribution in [0.15, 0.2) is 0 Å². The molecule has 13 heavy (non-hydrogen) atoms. The van der Waals surface area contributed by atoms with E-state index >= 15 is 0 Å². The first-order chi connectivity index (χ1) is 5.96. The van der Waals surface area contributed by atoms with Gasteiger partial charge in [0.05, 0.1) is 18.8 Å². The van der Waals surface area contributed by atoms with Gasteiger partial charge in [0.2, 0.25) is 0 Å². The van der Waals surface area contributed by atoms with Gasteiger partial charge in [0.1, 0.15) is 6.04 Å². The van der Waals surface area contributed by atoms with Crippen LogP contribution in [0.3, 0.4) is 0 Å². The summed E-state index contributed by atoms with van der Waals surface area (Å²) in [4.78, 5) is 16.4. The molecule has 1 heterocycles. The van der Waals surface area contributed by atoms with Crippen LogP contribution in [0.25, 0.3) is 0 Å². The van der Waals surface area contributed by atoms with E-state index in [-0.39, 0.29) is 12.5 Å². The zero-order chi connectivity index (χ0) is 10.1. The molecule has 5 heteroatoms. The zero-order valence-corrected chi connectivity index (χ0v) is 8.24. The molecule has 1 saturated heterocycles. The van der Waals surface area contributed by atoms with Crippen molar-refractivity contribution in [2.75, 3.05) is 20.3 Å². The van der Waals surface area contributed by atoms with E-state index in [0.29, 0.717) is 6.54 Å². The van der Waals surface area contributed by atoms with Gasteiger partial charge >= 0.3 is 0 Å². The van der Waals surface area contributed by atoms with Gasteiger partial charge in [-0.15, -0.1) is 0 Å². The summed E-state index contributed by atoms with van der Waals surface area (Å²) in [5, 5.41) is 1.27. The average molecular weight is 188 g/mol. The zero-order valence-electron chi connectivity index (χ0n) is 8.24. The molecule has 1 rings (SSSR count). The Morgan fingerprint density at radius 2 is 2.38 bits per heavy atom. The standard InChI is InChI=1S/C8H16N2O3/c1-8(2,12-3)5-10-7(11)6(9)4-13-10/h6H,4-5,9H2,1-3H3. The van der Waals surface area contributed by atoms with Crippen molar-refractivity contribution in [3.8, 4) is 0 Å². The highest BCUT2D eigenvalue weighted by Crippen LogP contribution is 2.14. The predicted octanol–water partition coefficient (Wildman–Crippen LogP) is -0.487. The number of methoxy groups -OCH3 is 1. The van der Waals surface area contributed by atoms with E-state index in [1.165, 1.54) is 5.06 Å². The Hall–Kier alpha value is -0.650. The Morgan fingerprint density at radius 3 is 2.77 bits per heavy atom. The molecular weight excluding hydrogens is 172 g/mol. The SMILES string of the molecule is COC(C)(C)CN1OCC(N)C1=O. The minimum Gasteiger partial charge on any atom is -0.377 e. The quantitative estimate of drug-likeness (QED) is 0.649. The number of hydrogen-bond donors (Lipinski definition) is 1. The molecular formula is C8H16N2O3. The third-order valence-electron chi connectivity index (χ3n) is 2.05. The summed E-state index contributed by atoms with van der Waals surface area (Å²) in [6.45, 7) is 4.43. The van der Waals surface area contributed by atoms with E-state index in [9.17, 15) is 4.79 Å². The maximum absolute atomic E-state index is 11.3. The van der Waals surface area contributed by atoms with Crippen LogP contribution >= 0.6 is 0 Å². The van der Waals surface area contributed by atoms with Gasteiger partial charge in [-0.2, -0.15) is 0 Å². The molecule has 0 aromatic carbocycles. The van der Waals surface area contributed by atoms with Crippen LogP contribution in [0, 0.1) is 0 Å². The predicted molar refractivity (Wildman–Crippen MR) is 46.7 cm³/mol. The van der Waals surface area contributed by atoms with Crippen molar-refractivity contribution in [1.82, 2.24) is 5.06 Å². The highest BCUT2D eigenvalue weighted by atomic mass is 16.7. The minimum atomic E-state index is -0.521. The van der Waals surface area contributed by atoms with Gasteiger partial charge in [0.15, 0.2) is 0 Å².